The fourth-order valence-electron chi connectivity index (χ4n) is 1.99. The van der Waals surface area contributed by atoms with Gasteiger partial charge in [0, 0.05) is 12.2 Å². The number of rotatable bonds is 11. The smallest absolute Gasteiger partial charge is 0.408 e. The SMILES string of the molecule is C[C@H](NC(=O)OCc1ccccc1)C(=O)SC[C@H](NC(=O)CCCN)C(=O)O. The molecular formula is C18H25N3O6S. The first-order chi connectivity index (χ1) is 13.3. The summed E-state index contributed by atoms with van der Waals surface area (Å²) in [5.74, 6) is -1.85. The summed E-state index contributed by atoms with van der Waals surface area (Å²) in [6.07, 6.45) is -0.199. The minimum atomic E-state index is -1.25. The number of carboxylic acids is 1. The van der Waals surface area contributed by atoms with Crippen molar-refractivity contribution in [1.82, 2.24) is 10.6 Å². The van der Waals surface area contributed by atoms with Crippen LogP contribution >= 0.6 is 11.8 Å². The van der Waals surface area contributed by atoms with Gasteiger partial charge in [-0.3, -0.25) is 9.59 Å². The van der Waals surface area contributed by atoms with Crippen LogP contribution in [0.4, 0.5) is 4.79 Å². The summed E-state index contributed by atoms with van der Waals surface area (Å²) >= 11 is 0.714. The van der Waals surface area contributed by atoms with Gasteiger partial charge >= 0.3 is 12.1 Å². The quantitative estimate of drug-likeness (QED) is 0.419. The maximum absolute atomic E-state index is 12.1. The molecule has 10 heteroatoms. The van der Waals surface area contributed by atoms with Crippen molar-refractivity contribution in [3.63, 3.8) is 0 Å². The maximum atomic E-state index is 12.1. The average Bonchev–Trinajstić information content (AvgIpc) is 2.68. The van der Waals surface area contributed by atoms with E-state index >= 15 is 0 Å². The molecule has 154 valence electrons. The number of nitrogens with one attached hydrogen (secondary N) is 2. The van der Waals surface area contributed by atoms with Gasteiger partial charge in [0.1, 0.15) is 12.6 Å². The van der Waals surface area contributed by atoms with Gasteiger partial charge in [-0.25, -0.2) is 9.59 Å². The van der Waals surface area contributed by atoms with Gasteiger partial charge in [-0.05, 0) is 25.5 Å². The molecule has 0 spiro atoms. The lowest BCUT2D eigenvalue weighted by molar-refractivity contribution is -0.141. The molecule has 0 aliphatic rings. The van der Waals surface area contributed by atoms with E-state index in [2.05, 4.69) is 10.6 Å². The first-order valence-corrected chi connectivity index (χ1v) is 9.68. The fourth-order valence-corrected chi connectivity index (χ4v) is 2.86. The first-order valence-electron chi connectivity index (χ1n) is 8.69. The Kier molecular flexibility index (Phi) is 10.7. The molecule has 0 heterocycles. The molecule has 0 unspecified atom stereocenters. The number of ether oxygens (including phenoxy) is 1. The van der Waals surface area contributed by atoms with Crippen molar-refractivity contribution in [3.8, 4) is 0 Å². The van der Waals surface area contributed by atoms with Gasteiger partial charge in [0.05, 0.1) is 6.04 Å². The largest absolute Gasteiger partial charge is 0.480 e. The van der Waals surface area contributed by atoms with Crippen molar-refractivity contribution >= 4 is 34.8 Å². The van der Waals surface area contributed by atoms with Crippen LogP contribution in [0.15, 0.2) is 30.3 Å². The van der Waals surface area contributed by atoms with E-state index in [4.69, 9.17) is 15.6 Å². The number of carboxylic acid groups (broad SMARTS) is 1. The van der Waals surface area contributed by atoms with E-state index in [9.17, 15) is 19.2 Å². The number of hydrogen-bond donors (Lipinski definition) is 4. The van der Waals surface area contributed by atoms with Crippen LogP contribution in [0.25, 0.3) is 0 Å². The highest BCUT2D eigenvalue weighted by Gasteiger charge is 2.24. The fraction of sp³-hybridized carbons (Fsp3) is 0.444. The van der Waals surface area contributed by atoms with Gasteiger partial charge in [0.15, 0.2) is 0 Å². The topological polar surface area (TPSA) is 148 Å². The number of benzene rings is 1. The average molecular weight is 411 g/mol. The van der Waals surface area contributed by atoms with Crippen molar-refractivity contribution < 1.29 is 29.0 Å². The Hall–Kier alpha value is -2.59. The zero-order valence-electron chi connectivity index (χ0n) is 15.6. The van der Waals surface area contributed by atoms with Gasteiger partial charge in [0.2, 0.25) is 11.0 Å². The van der Waals surface area contributed by atoms with Crippen LogP contribution in [-0.2, 0) is 25.7 Å². The van der Waals surface area contributed by atoms with Crippen LogP contribution in [0.2, 0.25) is 0 Å². The number of thioether (sulfide) groups is 1. The molecule has 0 aromatic heterocycles. The van der Waals surface area contributed by atoms with Crippen molar-refractivity contribution in [2.75, 3.05) is 12.3 Å². The molecule has 0 bridgehead atoms. The second-order valence-corrected chi connectivity index (χ2v) is 6.93. The monoisotopic (exact) mass is 411 g/mol. The highest BCUT2D eigenvalue weighted by Crippen LogP contribution is 2.09. The molecule has 0 aliphatic heterocycles. The van der Waals surface area contributed by atoms with Crippen LogP contribution in [0.3, 0.4) is 0 Å². The lowest BCUT2D eigenvalue weighted by atomic mass is 10.2. The Morgan fingerprint density at radius 1 is 1.18 bits per heavy atom. The summed E-state index contributed by atoms with van der Waals surface area (Å²) in [6.45, 7) is 1.85. The second kappa shape index (κ2) is 12.7. The van der Waals surface area contributed by atoms with Crippen molar-refractivity contribution in [2.45, 2.75) is 38.5 Å². The Morgan fingerprint density at radius 2 is 1.86 bits per heavy atom. The van der Waals surface area contributed by atoms with E-state index in [1.54, 1.807) is 12.1 Å². The van der Waals surface area contributed by atoms with E-state index in [1.807, 2.05) is 18.2 Å². The number of carbonyl (C=O) groups excluding carboxylic acids is 3. The molecule has 0 aliphatic carbocycles. The molecular weight excluding hydrogens is 386 g/mol. The number of alkyl carbamates (subject to hydrolysis) is 1. The van der Waals surface area contributed by atoms with Gasteiger partial charge in [-0.1, -0.05) is 42.1 Å². The van der Waals surface area contributed by atoms with Crippen LogP contribution in [-0.4, -0.2) is 52.6 Å². The molecule has 0 saturated heterocycles. The van der Waals surface area contributed by atoms with Gasteiger partial charge in [-0.15, -0.1) is 0 Å². The van der Waals surface area contributed by atoms with Gasteiger partial charge in [0.25, 0.3) is 0 Å². The molecule has 1 aromatic carbocycles. The Bertz CT molecular complexity index is 671. The molecule has 0 fully saturated rings. The summed E-state index contributed by atoms with van der Waals surface area (Å²) in [5, 5.41) is 13.5. The third-order valence-electron chi connectivity index (χ3n) is 3.53. The standard InChI is InChI=1S/C18H25N3O6S/c1-12(20-18(26)27-10-13-6-3-2-4-7-13)17(25)28-11-14(16(23)24)21-15(22)8-5-9-19/h2-4,6-7,12,14H,5,8-11,19H2,1H3,(H,20,26)(H,21,22)(H,23,24)/t12-,14-/m0/s1. The zero-order chi connectivity index (χ0) is 20.9. The summed E-state index contributed by atoms with van der Waals surface area (Å²) in [6, 6.07) is 6.97. The summed E-state index contributed by atoms with van der Waals surface area (Å²) in [7, 11) is 0. The molecule has 1 rings (SSSR count). The zero-order valence-corrected chi connectivity index (χ0v) is 16.4. The van der Waals surface area contributed by atoms with E-state index in [0.29, 0.717) is 24.7 Å². The van der Waals surface area contributed by atoms with E-state index in [-0.39, 0.29) is 18.8 Å². The Balaban J connectivity index is 2.39. The van der Waals surface area contributed by atoms with Crippen LogP contribution < -0.4 is 16.4 Å². The van der Waals surface area contributed by atoms with E-state index < -0.39 is 35.2 Å². The van der Waals surface area contributed by atoms with E-state index in [0.717, 1.165) is 5.56 Å². The predicted molar refractivity (Wildman–Crippen MR) is 105 cm³/mol. The van der Waals surface area contributed by atoms with Crippen LogP contribution in [0.5, 0.6) is 0 Å². The molecule has 0 saturated carbocycles. The minimum absolute atomic E-state index is 0.0661. The number of hydrogen-bond acceptors (Lipinski definition) is 7. The second-order valence-electron chi connectivity index (χ2n) is 5.91. The maximum Gasteiger partial charge on any atom is 0.408 e. The Labute approximate surface area is 167 Å². The van der Waals surface area contributed by atoms with Crippen molar-refractivity contribution in [2.24, 2.45) is 5.73 Å². The number of aliphatic carboxylic acids is 1. The Morgan fingerprint density at radius 3 is 2.46 bits per heavy atom. The molecule has 2 amide bonds. The molecule has 0 radical (unpaired) electrons. The van der Waals surface area contributed by atoms with Crippen LogP contribution in [0.1, 0.15) is 25.3 Å². The van der Waals surface area contributed by atoms with E-state index in [1.165, 1.54) is 6.92 Å². The predicted octanol–water partition coefficient (Wildman–Crippen LogP) is 0.869. The van der Waals surface area contributed by atoms with Crippen LogP contribution in [0, 0.1) is 0 Å². The summed E-state index contributed by atoms with van der Waals surface area (Å²) < 4.78 is 5.03. The third kappa shape index (κ3) is 9.38. The molecule has 1 aromatic rings. The highest BCUT2D eigenvalue weighted by molar-refractivity contribution is 8.13. The number of carbonyl (C=O) groups is 4. The molecule has 9 nitrogen and oxygen atoms in total. The summed E-state index contributed by atoms with van der Waals surface area (Å²) in [5.41, 5.74) is 6.11. The van der Waals surface area contributed by atoms with Crippen molar-refractivity contribution in [3.05, 3.63) is 35.9 Å². The minimum Gasteiger partial charge on any atom is -0.480 e. The van der Waals surface area contributed by atoms with Gasteiger partial charge in [-0.2, -0.15) is 0 Å². The molecule has 2 atom stereocenters. The highest BCUT2D eigenvalue weighted by atomic mass is 32.2. The molecule has 28 heavy (non-hydrogen) atoms. The normalized spacial score (nSPS) is 12.5. The first kappa shape index (κ1) is 23.4. The van der Waals surface area contributed by atoms with Gasteiger partial charge < -0.3 is 26.2 Å². The van der Waals surface area contributed by atoms with Crippen molar-refractivity contribution in [1.29, 1.82) is 0 Å². The lowest BCUT2D eigenvalue weighted by Gasteiger charge is -2.16. The number of amides is 2. The number of nitrogens with two attached hydrogens (primary N) is 1. The lowest BCUT2D eigenvalue weighted by Crippen LogP contribution is -2.44. The summed E-state index contributed by atoms with van der Waals surface area (Å²) in [4.78, 5) is 46.7. The molecule has 5 N–H and O–H groups in total. The third-order valence-corrected chi connectivity index (χ3v) is 4.67.